The van der Waals surface area contributed by atoms with Gasteiger partial charge in [0.1, 0.15) is 0 Å². The Morgan fingerprint density at radius 1 is 1.44 bits per heavy atom. The van der Waals surface area contributed by atoms with Gasteiger partial charge in [0.25, 0.3) is 0 Å². The third-order valence-electron chi connectivity index (χ3n) is 3.68. The largest absolute Gasteiger partial charge is 0.387 e. The van der Waals surface area contributed by atoms with Crippen molar-refractivity contribution in [2.45, 2.75) is 62.2 Å². The maximum Gasteiger partial charge on any atom is 0.0957 e. The molecule has 2 nitrogen and oxygen atoms in total. The van der Waals surface area contributed by atoms with E-state index < -0.39 is 6.10 Å². The molecule has 1 saturated carbocycles. The minimum Gasteiger partial charge on any atom is -0.387 e. The first-order valence-corrected chi connectivity index (χ1v) is 7.87. The van der Waals surface area contributed by atoms with Crippen molar-refractivity contribution in [3.8, 4) is 0 Å². The van der Waals surface area contributed by atoms with Crippen LogP contribution in [0.4, 0.5) is 0 Å². The molecule has 1 fully saturated rings. The summed E-state index contributed by atoms with van der Waals surface area (Å²) >= 11 is 1.95. The fourth-order valence-corrected chi connectivity index (χ4v) is 3.90. The van der Waals surface area contributed by atoms with Crippen molar-refractivity contribution >= 4 is 11.8 Å². The summed E-state index contributed by atoms with van der Waals surface area (Å²) in [6, 6.07) is 4.06. The molecule has 3 unspecified atom stereocenters. The highest BCUT2D eigenvalue weighted by atomic mass is 32.2. The summed E-state index contributed by atoms with van der Waals surface area (Å²) in [5.41, 5.74) is 0.791. The Labute approximate surface area is 114 Å². The van der Waals surface area contributed by atoms with Crippen molar-refractivity contribution in [3.05, 3.63) is 24.0 Å². The predicted molar refractivity (Wildman–Crippen MR) is 76.8 cm³/mol. The first-order valence-electron chi connectivity index (χ1n) is 6.99. The van der Waals surface area contributed by atoms with Gasteiger partial charge in [-0.1, -0.05) is 26.7 Å². The Kier molecular flexibility index (Phi) is 5.07. The first-order chi connectivity index (χ1) is 8.69. The van der Waals surface area contributed by atoms with Crippen LogP contribution in [0.15, 0.2) is 23.2 Å². The van der Waals surface area contributed by atoms with Gasteiger partial charge in [0.15, 0.2) is 0 Å². The van der Waals surface area contributed by atoms with E-state index in [2.05, 4.69) is 18.0 Å². The van der Waals surface area contributed by atoms with E-state index in [1.54, 1.807) is 0 Å². The van der Waals surface area contributed by atoms with Gasteiger partial charge in [-0.05, 0) is 37.3 Å². The smallest absolute Gasteiger partial charge is 0.0957 e. The van der Waals surface area contributed by atoms with Crippen LogP contribution in [0.5, 0.6) is 0 Å². The van der Waals surface area contributed by atoms with Crippen LogP contribution in [0, 0.1) is 5.92 Å². The lowest BCUT2D eigenvalue weighted by atomic mass is 9.91. The van der Waals surface area contributed by atoms with Crippen molar-refractivity contribution in [2.75, 3.05) is 0 Å². The fourth-order valence-electron chi connectivity index (χ4n) is 2.55. The number of aliphatic hydroxyl groups is 1. The van der Waals surface area contributed by atoms with Crippen LogP contribution in [-0.2, 0) is 0 Å². The molecule has 1 aliphatic rings. The average Bonchev–Trinajstić information content (AvgIpc) is 2.39. The van der Waals surface area contributed by atoms with Crippen LogP contribution >= 0.6 is 11.8 Å². The van der Waals surface area contributed by atoms with Gasteiger partial charge >= 0.3 is 0 Å². The predicted octanol–water partition coefficient (Wildman–Crippen LogP) is 4.20. The van der Waals surface area contributed by atoms with Crippen LogP contribution in [0.2, 0.25) is 0 Å². The molecular weight excluding hydrogens is 242 g/mol. The lowest BCUT2D eigenvalue weighted by molar-refractivity contribution is 0.169. The third kappa shape index (κ3) is 3.72. The summed E-state index contributed by atoms with van der Waals surface area (Å²) < 4.78 is 0. The molecule has 1 N–H and O–H groups in total. The van der Waals surface area contributed by atoms with E-state index in [1.165, 1.54) is 30.6 Å². The molecule has 3 heteroatoms. The van der Waals surface area contributed by atoms with E-state index in [0.29, 0.717) is 0 Å². The summed E-state index contributed by atoms with van der Waals surface area (Å²) in [4.78, 5) is 5.60. The molecule has 1 aliphatic carbocycles. The minimum atomic E-state index is -0.418. The number of hydrogen-bond acceptors (Lipinski definition) is 3. The second-order valence-electron chi connectivity index (χ2n) is 5.35. The highest BCUT2D eigenvalue weighted by Crippen LogP contribution is 2.35. The van der Waals surface area contributed by atoms with Crippen molar-refractivity contribution in [1.82, 2.24) is 4.98 Å². The zero-order valence-corrected chi connectivity index (χ0v) is 12.1. The van der Waals surface area contributed by atoms with Gasteiger partial charge in [0.05, 0.1) is 11.8 Å². The first kappa shape index (κ1) is 13.9. The second kappa shape index (κ2) is 6.58. The van der Waals surface area contributed by atoms with Crippen molar-refractivity contribution in [3.63, 3.8) is 0 Å². The average molecular weight is 265 g/mol. The van der Waals surface area contributed by atoms with Gasteiger partial charge < -0.3 is 5.11 Å². The third-order valence-corrected chi connectivity index (χ3v) is 4.95. The number of hydrogen-bond donors (Lipinski definition) is 1. The summed E-state index contributed by atoms with van der Waals surface area (Å²) in [5, 5.41) is 10.5. The molecule has 1 aromatic heterocycles. The van der Waals surface area contributed by atoms with Crippen LogP contribution in [0.1, 0.15) is 57.7 Å². The number of aliphatic hydroxyl groups excluding tert-OH is 1. The number of aromatic nitrogens is 1. The summed E-state index contributed by atoms with van der Waals surface area (Å²) in [6.45, 7) is 4.32. The fraction of sp³-hybridized carbons (Fsp3) is 0.667. The summed E-state index contributed by atoms with van der Waals surface area (Å²) in [7, 11) is 0. The Bertz CT molecular complexity index is 365. The van der Waals surface area contributed by atoms with Crippen molar-refractivity contribution < 1.29 is 5.11 Å². The normalized spacial score (nSPS) is 25.9. The molecule has 0 radical (unpaired) electrons. The highest BCUT2D eigenvalue weighted by Gasteiger charge is 2.19. The molecule has 0 aromatic carbocycles. The molecular formula is C15H23NOS. The Balaban J connectivity index is 1.93. The molecule has 1 heterocycles. The van der Waals surface area contributed by atoms with Crippen LogP contribution < -0.4 is 0 Å². The SMILES string of the molecule is CCC(O)c1ccc(SC2CCCC(C)C2)cn1. The van der Waals surface area contributed by atoms with Crippen molar-refractivity contribution in [1.29, 1.82) is 0 Å². The van der Waals surface area contributed by atoms with Gasteiger partial charge in [0, 0.05) is 16.3 Å². The monoisotopic (exact) mass is 265 g/mol. The maximum atomic E-state index is 9.71. The standard InChI is InChI=1S/C15H23NOS/c1-3-15(17)14-8-7-13(10-16-14)18-12-6-4-5-11(2)9-12/h7-8,10-12,15,17H,3-6,9H2,1-2H3. The second-order valence-corrected chi connectivity index (χ2v) is 6.73. The van der Waals surface area contributed by atoms with E-state index >= 15 is 0 Å². The molecule has 0 amide bonds. The maximum absolute atomic E-state index is 9.71. The van der Waals surface area contributed by atoms with E-state index in [4.69, 9.17) is 0 Å². The van der Waals surface area contributed by atoms with Crippen LogP contribution in [-0.4, -0.2) is 15.3 Å². The van der Waals surface area contributed by atoms with Gasteiger partial charge in [-0.2, -0.15) is 0 Å². The van der Waals surface area contributed by atoms with Crippen LogP contribution in [0.3, 0.4) is 0 Å². The topological polar surface area (TPSA) is 33.1 Å². The molecule has 3 atom stereocenters. The molecule has 0 saturated heterocycles. The number of rotatable bonds is 4. The van der Waals surface area contributed by atoms with Gasteiger partial charge in [0.2, 0.25) is 0 Å². The van der Waals surface area contributed by atoms with Gasteiger partial charge in [-0.25, -0.2) is 0 Å². The Morgan fingerprint density at radius 2 is 2.28 bits per heavy atom. The molecule has 2 rings (SSSR count). The van der Waals surface area contributed by atoms with Gasteiger partial charge in [-0.3, -0.25) is 4.98 Å². The van der Waals surface area contributed by atoms with Crippen LogP contribution in [0.25, 0.3) is 0 Å². The van der Waals surface area contributed by atoms with E-state index in [-0.39, 0.29) is 0 Å². The molecule has 100 valence electrons. The van der Waals surface area contributed by atoms with Gasteiger partial charge in [-0.15, -0.1) is 11.8 Å². The number of thioether (sulfide) groups is 1. The quantitative estimate of drug-likeness (QED) is 0.886. The molecule has 0 spiro atoms. The Hall–Kier alpha value is -0.540. The molecule has 0 bridgehead atoms. The number of nitrogens with zero attached hydrogens (tertiary/aromatic N) is 1. The van der Waals surface area contributed by atoms with Crippen molar-refractivity contribution in [2.24, 2.45) is 5.92 Å². The highest BCUT2D eigenvalue weighted by molar-refractivity contribution is 8.00. The zero-order valence-electron chi connectivity index (χ0n) is 11.3. The zero-order chi connectivity index (χ0) is 13.0. The van der Waals surface area contributed by atoms with E-state index in [0.717, 1.165) is 23.3 Å². The molecule has 0 aliphatic heterocycles. The van der Waals surface area contributed by atoms with E-state index in [1.807, 2.05) is 30.9 Å². The lowest BCUT2D eigenvalue weighted by Gasteiger charge is -2.26. The lowest BCUT2D eigenvalue weighted by Crippen LogP contribution is -2.14. The molecule has 18 heavy (non-hydrogen) atoms. The van der Waals surface area contributed by atoms with E-state index in [9.17, 15) is 5.11 Å². The summed E-state index contributed by atoms with van der Waals surface area (Å²) in [5.74, 6) is 0.866. The molecule has 1 aromatic rings. The summed E-state index contributed by atoms with van der Waals surface area (Å²) in [6.07, 6.45) is 7.62. The number of pyridine rings is 1. The Morgan fingerprint density at radius 3 is 2.89 bits per heavy atom. The minimum absolute atomic E-state index is 0.418.